The number of anilines is 3. The molecular formula is C13H10F3N5. The van der Waals surface area contributed by atoms with Crippen molar-refractivity contribution < 1.29 is 13.2 Å². The van der Waals surface area contributed by atoms with E-state index in [0.717, 1.165) is 12.1 Å². The largest absolute Gasteiger partial charge is 0.416 e. The van der Waals surface area contributed by atoms with Gasteiger partial charge in [-0.1, -0.05) is 0 Å². The second-order valence-electron chi connectivity index (χ2n) is 4.01. The summed E-state index contributed by atoms with van der Waals surface area (Å²) in [4.78, 5) is 7.98. The molecule has 0 aliphatic carbocycles. The van der Waals surface area contributed by atoms with Crippen molar-refractivity contribution in [2.45, 2.75) is 6.18 Å². The third-order valence-corrected chi connectivity index (χ3v) is 2.61. The summed E-state index contributed by atoms with van der Waals surface area (Å²) < 4.78 is 37.8. The van der Waals surface area contributed by atoms with E-state index in [2.05, 4.69) is 20.6 Å². The van der Waals surface area contributed by atoms with Crippen LogP contribution in [0.15, 0.2) is 30.5 Å². The van der Waals surface area contributed by atoms with Gasteiger partial charge in [0.2, 0.25) is 5.95 Å². The number of rotatable bonds is 3. The molecule has 5 nitrogen and oxygen atoms in total. The summed E-state index contributed by atoms with van der Waals surface area (Å²) in [7, 11) is 1.64. The molecular weight excluding hydrogens is 283 g/mol. The zero-order valence-electron chi connectivity index (χ0n) is 10.9. The summed E-state index contributed by atoms with van der Waals surface area (Å²) in [5.74, 6) is 0.719. The molecule has 2 aromatic rings. The van der Waals surface area contributed by atoms with Gasteiger partial charge in [-0.2, -0.15) is 23.4 Å². The molecule has 0 aliphatic rings. The molecule has 0 spiro atoms. The first kappa shape index (κ1) is 14.6. The van der Waals surface area contributed by atoms with Crippen molar-refractivity contribution >= 4 is 17.5 Å². The van der Waals surface area contributed by atoms with Crippen LogP contribution in [-0.2, 0) is 6.18 Å². The van der Waals surface area contributed by atoms with Crippen molar-refractivity contribution in [2.75, 3.05) is 17.7 Å². The lowest BCUT2D eigenvalue weighted by Crippen LogP contribution is -2.06. The number of hydrogen-bond donors (Lipinski definition) is 2. The van der Waals surface area contributed by atoms with E-state index < -0.39 is 11.7 Å². The summed E-state index contributed by atoms with van der Waals surface area (Å²) >= 11 is 0. The topological polar surface area (TPSA) is 73.6 Å². The van der Waals surface area contributed by atoms with E-state index in [4.69, 9.17) is 5.26 Å². The second-order valence-corrected chi connectivity index (χ2v) is 4.01. The van der Waals surface area contributed by atoms with Crippen molar-refractivity contribution in [3.8, 4) is 6.07 Å². The Morgan fingerprint density at radius 2 is 2.00 bits per heavy atom. The highest BCUT2D eigenvalue weighted by molar-refractivity contribution is 5.65. The van der Waals surface area contributed by atoms with Crippen LogP contribution in [0.1, 0.15) is 11.1 Å². The number of alkyl halides is 3. The van der Waals surface area contributed by atoms with Crippen LogP contribution >= 0.6 is 0 Å². The molecule has 0 fully saturated rings. The van der Waals surface area contributed by atoms with Gasteiger partial charge in [0.15, 0.2) is 0 Å². The zero-order valence-corrected chi connectivity index (χ0v) is 10.9. The fraction of sp³-hybridized carbons (Fsp3) is 0.154. The average Bonchev–Trinajstić information content (AvgIpc) is 2.46. The fourth-order valence-corrected chi connectivity index (χ4v) is 1.61. The Labute approximate surface area is 118 Å². The predicted molar refractivity (Wildman–Crippen MR) is 71.0 cm³/mol. The number of halogens is 3. The Balaban J connectivity index is 2.34. The van der Waals surface area contributed by atoms with Crippen molar-refractivity contribution in [1.82, 2.24) is 9.97 Å². The van der Waals surface area contributed by atoms with E-state index in [-0.39, 0.29) is 11.3 Å². The summed E-state index contributed by atoms with van der Waals surface area (Å²) in [6.45, 7) is 0. The first-order chi connectivity index (χ1) is 9.94. The van der Waals surface area contributed by atoms with Crippen LogP contribution in [0.2, 0.25) is 0 Å². The van der Waals surface area contributed by atoms with Gasteiger partial charge >= 0.3 is 6.18 Å². The Morgan fingerprint density at radius 3 is 2.62 bits per heavy atom. The minimum Gasteiger partial charge on any atom is -0.357 e. The molecule has 1 heterocycles. The van der Waals surface area contributed by atoms with Crippen molar-refractivity contribution in [3.63, 3.8) is 0 Å². The monoisotopic (exact) mass is 293 g/mol. The van der Waals surface area contributed by atoms with Crippen LogP contribution in [0.5, 0.6) is 0 Å². The molecule has 0 saturated heterocycles. The average molecular weight is 293 g/mol. The highest BCUT2D eigenvalue weighted by Crippen LogP contribution is 2.32. The minimum atomic E-state index is -4.49. The molecule has 108 valence electrons. The van der Waals surface area contributed by atoms with E-state index in [1.165, 1.54) is 12.3 Å². The molecule has 0 saturated carbocycles. The number of nitrogens with zero attached hydrogens (tertiary/aromatic N) is 3. The SMILES string of the molecule is CNc1nccc(Nc2ccc(C(F)(F)F)cc2C#N)n1. The number of nitrogens with one attached hydrogen (secondary N) is 2. The zero-order chi connectivity index (χ0) is 15.5. The standard InChI is InChI=1S/C13H10F3N5/c1-18-12-19-5-4-11(21-12)20-10-3-2-9(13(14,15)16)6-8(10)7-17/h2-6H,1H3,(H2,18,19,20,21). The molecule has 0 bridgehead atoms. The number of benzene rings is 1. The summed E-state index contributed by atoms with van der Waals surface area (Å²) in [5.41, 5.74) is -0.746. The second kappa shape index (κ2) is 5.66. The number of aromatic nitrogens is 2. The number of hydrogen-bond acceptors (Lipinski definition) is 5. The van der Waals surface area contributed by atoms with Crippen LogP contribution in [0, 0.1) is 11.3 Å². The molecule has 8 heteroatoms. The van der Waals surface area contributed by atoms with Crippen molar-refractivity contribution in [1.29, 1.82) is 5.26 Å². The normalized spacial score (nSPS) is 10.8. The van der Waals surface area contributed by atoms with Crippen LogP contribution < -0.4 is 10.6 Å². The molecule has 1 aromatic carbocycles. The van der Waals surface area contributed by atoms with Gasteiger partial charge in [0.1, 0.15) is 11.9 Å². The summed E-state index contributed by atoms with van der Waals surface area (Å²) in [6, 6.07) is 6.17. The Kier molecular flexibility index (Phi) is 3.93. The Morgan fingerprint density at radius 1 is 1.24 bits per heavy atom. The Hall–Kier alpha value is -2.82. The predicted octanol–water partition coefficient (Wildman–Crippen LogP) is 3.15. The fourth-order valence-electron chi connectivity index (χ4n) is 1.61. The summed E-state index contributed by atoms with van der Waals surface area (Å²) in [6.07, 6.45) is -3.00. The molecule has 1 aromatic heterocycles. The van der Waals surface area contributed by atoms with Crippen LogP contribution in [0.4, 0.5) is 30.6 Å². The lowest BCUT2D eigenvalue weighted by Gasteiger charge is -2.11. The van der Waals surface area contributed by atoms with Gasteiger partial charge in [-0.05, 0) is 24.3 Å². The highest BCUT2D eigenvalue weighted by atomic mass is 19.4. The van der Waals surface area contributed by atoms with E-state index in [0.29, 0.717) is 11.8 Å². The Bertz CT molecular complexity index is 691. The van der Waals surface area contributed by atoms with E-state index >= 15 is 0 Å². The highest BCUT2D eigenvalue weighted by Gasteiger charge is 2.31. The maximum atomic E-state index is 12.6. The van der Waals surface area contributed by atoms with Crippen LogP contribution in [0.3, 0.4) is 0 Å². The first-order valence-corrected chi connectivity index (χ1v) is 5.83. The third kappa shape index (κ3) is 3.39. The summed E-state index contributed by atoms with van der Waals surface area (Å²) in [5, 5.41) is 14.5. The van der Waals surface area contributed by atoms with Crippen LogP contribution in [0.25, 0.3) is 0 Å². The van der Waals surface area contributed by atoms with E-state index in [1.54, 1.807) is 19.2 Å². The van der Waals surface area contributed by atoms with Crippen molar-refractivity contribution in [2.24, 2.45) is 0 Å². The smallest absolute Gasteiger partial charge is 0.357 e. The van der Waals surface area contributed by atoms with Gasteiger partial charge in [0.05, 0.1) is 16.8 Å². The maximum absolute atomic E-state index is 12.6. The van der Waals surface area contributed by atoms with Gasteiger partial charge in [-0.15, -0.1) is 0 Å². The molecule has 0 unspecified atom stereocenters. The molecule has 21 heavy (non-hydrogen) atoms. The lowest BCUT2D eigenvalue weighted by atomic mass is 10.1. The van der Waals surface area contributed by atoms with E-state index in [1.807, 2.05) is 0 Å². The molecule has 0 radical (unpaired) electrons. The van der Waals surface area contributed by atoms with Gasteiger partial charge in [0, 0.05) is 13.2 Å². The van der Waals surface area contributed by atoms with Gasteiger partial charge in [0.25, 0.3) is 0 Å². The van der Waals surface area contributed by atoms with Gasteiger partial charge in [-0.3, -0.25) is 0 Å². The van der Waals surface area contributed by atoms with E-state index in [9.17, 15) is 13.2 Å². The van der Waals surface area contributed by atoms with Gasteiger partial charge < -0.3 is 10.6 Å². The van der Waals surface area contributed by atoms with Gasteiger partial charge in [-0.25, -0.2) is 4.98 Å². The molecule has 2 N–H and O–H groups in total. The third-order valence-electron chi connectivity index (χ3n) is 2.61. The molecule has 0 amide bonds. The lowest BCUT2D eigenvalue weighted by molar-refractivity contribution is -0.137. The first-order valence-electron chi connectivity index (χ1n) is 5.83. The maximum Gasteiger partial charge on any atom is 0.416 e. The molecule has 2 rings (SSSR count). The molecule has 0 atom stereocenters. The quantitative estimate of drug-likeness (QED) is 0.909. The minimum absolute atomic E-state index is 0.116. The van der Waals surface area contributed by atoms with Crippen molar-refractivity contribution in [3.05, 3.63) is 41.6 Å². The van der Waals surface area contributed by atoms with Crippen LogP contribution in [-0.4, -0.2) is 17.0 Å². The molecule has 0 aliphatic heterocycles. The number of nitriles is 1.